The van der Waals surface area contributed by atoms with E-state index in [9.17, 15) is 24.7 Å². The van der Waals surface area contributed by atoms with Crippen molar-refractivity contribution in [3.8, 4) is 23.2 Å². The van der Waals surface area contributed by atoms with Gasteiger partial charge in [-0.1, -0.05) is 0 Å². The van der Waals surface area contributed by atoms with Gasteiger partial charge in [0.1, 0.15) is 30.4 Å². The number of nitrogens with zero attached hydrogens (tertiary/aromatic N) is 6. The first-order chi connectivity index (χ1) is 20.4. The molecule has 13 heteroatoms. The first-order valence-corrected chi connectivity index (χ1v) is 13.7. The van der Waals surface area contributed by atoms with Gasteiger partial charge in [-0.15, -0.1) is 0 Å². The largest absolute Gasteiger partial charge is 0.486 e. The predicted molar refractivity (Wildman–Crippen MR) is 151 cm³/mol. The monoisotopic (exact) mass is 577 g/mol. The lowest BCUT2D eigenvalue weighted by atomic mass is 10.0. The normalized spacial score (nSPS) is 21.4. The minimum absolute atomic E-state index is 0.0108. The Bertz CT molecular complexity index is 1430. The number of halogens is 1. The average Bonchev–Trinajstić information content (AvgIpc) is 3.02. The van der Waals surface area contributed by atoms with Crippen molar-refractivity contribution >= 4 is 23.2 Å². The van der Waals surface area contributed by atoms with Crippen molar-refractivity contribution in [2.75, 3.05) is 49.7 Å². The van der Waals surface area contributed by atoms with E-state index in [1.54, 1.807) is 18.2 Å². The molecular formula is C29H32FN7O5. The van der Waals surface area contributed by atoms with E-state index in [-0.39, 0.29) is 43.5 Å². The molecule has 0 saturated carbocycles. The molecule has 2 fully saturated rings. The summed E-state index contributed by atoms with van der Waals surface area (Å²) in [5.74, 6) is 0.343. The number of piperidine rings is 1. The molecule has 3 N–H and O–H groups in total. The van der Waals surface area contributed by atoms with Crippen LogP contribution in [0.15, 0.2) is 48.8 Å². The van der Waals surface area contributed by atoms with Crippen LogP contribution in [-0.4, -0.2) is 99.8 Å². The number of amides is 1. The van der Waals surface area contributed by atoms with Crippen LogP contribution in [0, 0.1) is 11.3 Å². The molecule has 1 aromatic heterocycles. The predicted octanol–water partition coefficient (Wildman–Crippen LogP) is 2.05. The Morgan fingerprint density at radius 3 is 2.79 bits per heavy atom. The second kappa shape index (κ2) is 13.1. The van der Waals surface area contributed by atoms with E-state index in [0.29, 0.717) is 37.1 Å². The number of hydrogen-bond acceptors (Lipinski definition) is 11. The Balaban J connectivity index is 1.25. The molecule has 0 unspecified atom stereocenters. The van der Waals surface area contributed by atoms with E-state index in [2.05, 4.69) is 31.2 Å². The first kappa shape index (κ1) is 29.1. The van der Waals surface area contributed by atoms with E-state index in [1.165, 1.54) is 18.2 Å². The number of aliphatic hydroxyl groups excluding tert-OH is 2. The van der Waals surface area contributed by atoms with Crippen molar-refractivity contribution in [1.29, 1.82) is 5.26 Å². The van der Waals surface area contributed by atoms with Crippen LogP contribution >= 0.6 is 0 Å². The van der Waals surface area contributed by atoms with Crippen LogP contribution in [-0.2, 0) is 9.53 Å². The zero-order valence-corrected chi connectivity index (χ0v) is 23.1. The minimum atomic E-state index is -1.47. The van der Waals surface area contributed by atoms with Gasteiger partial charge in [0.25, 0.3) is 5.91 Å². The number of carbonyl (C=O) groups is 1. The summed E-state index contributed by atoms with van der Waals surface area (Å²) < 4.78 is 26.1. The van der Waals surface area contributed by atoms with Crippen LogP contribution in [0.25, 0.3) is 11.4 Å². The van der Waals surface area contributed by atoms with Crippen LogP contribution in [0.5, 0.6) is 5.75 Å². The smallest absolute Gasteiger partial charge is 0.251 e. The molecule has 2 aromatic carbocycles. The summed E-state index contributed by atoms with van der Waals surface area (Å²) >= 11 is 0. The van der Waals surface area contributed by atoms with Gasteiger partial charge in [0.05, 0.1) is 38.0 Å². The van der Waals surface area contributed by atoms with Crippen LogP contribution < -0.4 is 15.0 Å². The summed E-state index contributed by atoms with van der Waals surface area (Å²) in [5, 5.41) is 32.1. The maximum atomic E-state index is 14.8. The highest BCUT2D eigenvalue weighted by molar-refractivity contribution is 5.80. The molecule has 2 saturated heterocycles. The first-order valence-electron chi connectivity index (χ1n) is 13.7. The number of alkyl halides is 1. The lowest BCUT2D eigenvalue weighted by molar-refractivity contribution is -0.143. The molecule has 0 radical (unpaired) electrons. The molecule has 5 rings (SSSR count). The second-order valence-electron chi connectivity index (χ2n) is 10.2. The Hall–Kier alpha value is -4.38. The van der Waals surface area contributed by atoms with Gasteiger partial charge in [-0.25, -0.2) is 14.4 Å². The number of nitriles is 1. The quantitative estimate of drug-likeness (QED) is 0.360. The Labute approximate surface area is 242 Å². The number of ether oxygens (including phenoxy) is 2. The number of rotatable bonds is 8. The molecule has 220 valence electrons. The number of anilines is 3. The number of aromatic nitrogens is 3. The molecule has 3 heterocycles. The highest BCUT2D eigenvalue weighted by Crippen LogP contribution is 2.29. The lowest BCUT2D eigenvalue weighted by Gasteiger charge is -2.36. The summed E-state index contributed by atoms with van der Waals surface area (Å²) in [6, 6.07) is 14.5. The van der Waals surface area contributed by atoms with Crippen molar-refractivity contribution in [3.05, 3.63) is 54.4 Å². The second-order valence-corrected chi connectivity index (χ2v) is 10.2. The fourth-order valence-electron chi connectivity index (χ4n) is 5.01. The van der Waals surface area contributed by atoms with Gasteiger partial charge in [-0.05, 0) is 49.4 Å². The number of aliphatic hydroxyl groups is 2. The van der Waals surface area contributed by atoms with Crippen molar-refractivity contribution in [2.24, 2.45) is 0 Å². The van der Waals surface area contributed by atoms with E-state index in [1.807, 2.05) is 24.3 Å². The van der Waals surface area contributed by atoms with Gasteiger partial charge in [-0.2, -0.15) is 10.2 Å². The molecule has 1 amide bonds. The third kappa shape index (κ3) is 6.57. The van der Waals surface area contributed by atoms with Gasteiger partial charge >= 0.3 is 0 Å². The molecular weight excluding hydrogens is 545 g/mol. The van der Waals surface area contributed by atoms with Crippen molar-refractivity contribution in [3.63, 3.8) is 0 Å². The maximum Gasteiger partial charge on any atom is 0.251 e. The number of carbonyl (C=O) groups excluding carboxylic acids is 1. The number of morpholine rings is 1. The zero-order valence-electron chi connectivity index (χ0n) is 23.1. The van der Waals surface area contributed by atoms with Gasteiger partial charge < -0.3 is 34.8 Å². The average molecular weight is 578 g/mol. The number of hydrogen-bond donors (Lipinski definition) is 3. The van der Waals surface area contributed by atoms with E-state index < -0.39 is 24.3 Å². The standard InChI is InChI=1S/C29H32FN7O5/c1-18(39)28(40)36-9-8-26(24(30)14-36)42-25-7-2-19(12-20(25)13-31)27-32-17-33-29(35-27)34-21-3-5-22(6-4-21)37-10-11-41-16-23(37)15-38/h2-7,12,17-18,23-24,26,38-39H,8-11,14-16H2,1H3,(H,32,33,34,35)/t18-,23-,24-,26-/m0/s1. The Kier molecular flexibility index (Phi) is 9.06. The van der Waals surface area contributed by atoms with Gasteiger partial charge in [-0.3, -0.25) is 4.79 Å². The molecule has 3 aromatic rings. The highest BCUT2D eigenvalue weighted by Gasteiger charge is 2.34. The number of nitrogens with one attached hydrogen (secondary N) is 1. The molecule has 0 aliphatic carbocycles. The fraction of sp³-hybridized carbons (Fsp3) is 0.414. The molecule has 0 spiro atoms. The maximum absolute atomic E-state index is 14.8. The topological polar surface area (TPSA) is 157 Å². The molecule has 4 atom stereocenters. The van der Waals surface area contributed by atoms with Gasteiger partial charge in [0.2, 0.25) is 5.95 Å². The highest BCUT2D eigenvalue weighted by atomic mass is 19.1. The van der Waals surface area contributed by atoms with Gasteiger partial charge in [0, 0.05) is 36.4 Å². The van der Waals surface area contributed by atoms with E-state index in [0.717, 1.165) is 11.4 Å². The third-order valence-electron chi connectivity index (χ3n) is 7.25. The SMILES string of the molecule is C[C@H](O)C(=O)N1CC[C@H](Oc2ccc(-c3ncnc(Nc4ccc(N5CCOC[C@@H]5CO)cc4)n3)cc2C#N)[C@@H](F)C1. The molecule has 0 bridgehead atoms. The van der Waals surface area contributed by atoms with Crippen LogP contribution in [0.3, 0.4) is 0 Å². The van der Waals surface area contributed by atoms with Crippen molar-refractivity contribution in [2.45, 2.75) is 37.8 Å². The Morgan fingerprint density at radius 2 is 2.07 bits per heavy atom. The van der Waals surface area contributed by atoms with Gasteiger partial charge in [0.15, 0.2) is 12.0 Å². The summed E-state index contributed by atoms with van der Waals surface area (Å²) in [5.41, 5.74) is 2.48. The number of benzene rings is 2. The van der Waals surface area contributed by atoms with E-state index in [4.69, 9.17) is 9.47 Å². The fourth-order valence-corrected chi connectivity index (χ4v) is 5.01. The van der Waals surface area contributed by atoms with Crippen LogP contribution in [0.2, 0.25) is 0 Å². The summed E-state index contributed by atoms with van der Waals surface area (Å²) in [7, 11) is 0. The molecule has 2 aliphatic heterocycles. The molecule has 42 heavy (non-hydrogen) atoms. The van der Waals surface area contributed by atoms with E-state index >= 15 is 0 Å². The summed E-state index contributed by atoms with van der Waals surface area (Å²) in [4.78, 5) is 28.3. The van der Waals surface area contributed by atoms with Crippen LogP contribution in [0.4, 0.5) is 21.7 Å². The molecule has 2 aliphatic rings. The third-order valence-corrected chi connectivity index (χ3v) is 7.25. The minimum Gasteiger partial charge on any atom is -0.486 e. The van der Waals surface area contributed by atoms with Crippen LogP contribution in [0.1, 0.15) is 18.9 Å². The van der Waals surface area contributed by atoms with Crippen molar-refractivity contribution in [1.82, 2.24) is 19.9 Å². The Morgan fingerprint density at radius 1 is 1.26 bits per heavy atom. The lowest BCUT2D eigenvalue weighted by Crippen LogP contribution is -2.51. The number of likely N-dealkylation sites (tertiary alicyclic amines) is 1. The zero-order chi connectivity index (χ0) is 29.6. The summed E-state index contributed by atoms with van der Waals surface area (Å²) in [6.45, 7) is 3.20. The molecule has 12 nitrogen and oxygen atoms in total. The summed E-state index contributed by atoms with van der Waals surface area (Å²) in [6.07, 6.45) is -1.91. The van der Waals surface area contributed by atoms with Crippen molar-refractivity contribution < 1.29 is 28.9 Å².